The molecular weight excluding hydrogens is 324 g/mol. The second-order valence-electron chi connectivity index (χ2n) is 10.0. The highest BCUT2D eigenvalue weighted by molar-refractivity contribution is 5.74. The van der Waals surface area contributed by atoms with Gasteiger partial charge < -0.3 is 9.84 Å². The van der Waals surface area contributed by atoms with Crippen LogP contribution in [0.2, 0.25) is 0 Å². The van der Waals surface area contributed by atoms with Crippen molar-refractivity contribution in [1.29, 1.82) is 0 Å². The monoisotopic (exact) mass is 366 g/mol. The van der Waals surface area contributed by atoms with Crippen molar-refractivity contribution in [3.63, 3.8) is 0 Å². The molecule has 1 N–H and O–H groups in total. The molecule has 0 amide bonds. The van der Waals surface area contributed by atoms with Gasteiger partial charge in [0.05, 0.1) is 11.5 Å². The molecule has 0 heterocycles. The minimum Gasteiger partial charge on any atom is -0.459 e. The van der Waals surface area contributed by atoms with Crippen LogP contribution in [0.3, 0.4) is 0 Å². The maximum absolute atomic E-state index is 13.0. The molecule has 0 aromatic carbocycles. The summed E-state index contributed by atoms with van der Waals surface area (Å²) in [6, 6.07) is 0. The van der Waals surface area contributed by atoms with Gasteiger partial charge in [-0.15, -0.1) is 0 Å². The van der Waals surface area contributed by atoms with Crippen LogP contribution in [-0.2, 0) is 9.53 Å². The predicted molar refractivity (Wildman–Crippen MR) is 107 cm³/mol. The van der Waals surface area contributed by atoms with E-state index in [1.807, 2.05) is 0 Å². The van der Waals surface area contributed by atoms with Crippen molar-refractivity contribution in [2.75, 3.05) is 0 Å². The molecule has 3 heteroatoms. The summed E-state index contributed by atoms with van der Waals surface area (Å²) in [6.45, 7) is 4.67. The van der Waals surface area contributed by atoms with Gasteiger partial charge in [0.2, 0.25) is 0 Å². The van der Waals surface area contributed by atoms with E-state index < -0.39 is 5.60 Å². The lowest BCUT2D eigenvalue weighted by Crippen LogP contribution is -2.60. The molecule has 0 aromatic heterocycles. The van der Waals surface area contributed by atoms with Gasteiger partial charge in [0.25, 0.3) is 0 Å². The summed E-state index contributed by atoms with van der Waals surface area (Å²) >= 11 is 0. The Bertz CT molecular complexity index is 526. The Hall–Kier alpha value is -0.570. The number of hydrogen-bond donors (Lipinski definition) is 1. The number of hydrogen-bond acceptors (Lipinski definition) is 3. The maximum Gasteiger partial charge on any atom is 0.309 e. The number of esters is 1. The fraction of sp³-hybridized carbons (Fsp3) is 0.957. The Labute approximate surface area is 161 Å². The van der Waals surface area contributed by atoms with Crippen LogP contribution < -0.4 is 0 Å². The maximum atomic E-state index is 13.0. The minimum atomic E-state index is -0.541. The lowest BCUT2D eigenvalue weighted by molar-refractivity contribution is -0.223. The van der Waals surface area contributed by atoms with Gasteiger partial charge in [0.15, 0.2) is 0 Å². The summed E-state index contributed by atoms with van der Waals surface area (Å²) in [7, 11) is 0. The first kappa shape index (κ1) is 21.7. The van der Waals surface area contributed by atoms with Crippen molar-refractivity contribution in [2.24, 2.45) is 41.4 Å². The van der Waals surface area contributed by atoms with Gasteiger partial charge in [0.1, 0.15) is 5.60 Å². The van der Waals surface area contributed by atoms with Crippen molar-refractivity contribution >= 4 is 5.97 Å². The van der Waals surface area contributed by atoms with E-state index in [0.29, 0.717) is 30.1 Å². The summed E-state index contributed by atoms with van der Waals surface area (Å²) in [5.74, 6) is 4.06. The first-order chi connectivity index (χ1) is 10.9. The Morgan fingerprint density at radius 1 is 0.923 bits per heavy atom. The van der Waals surface area contributed by atoms with Gasteiger partial charge in [-0.3, -0.25) is 4.79 Å². The molecule has 0 aromatic rings. The molecular formula is C23H42O3. The molecule has 152 valence electrons. The molecule has 6 aliphatic carbocycles. The van der Waals surface area contributed by atoms with Crippen LogP contribution in [0, 0.1) is 41.4 Å². The lowest BCUT2D eigenvalue weighted by Gasteiger charge is -2.59. The normalized spacial score (nSPS) is 52.7. The molecule has 6 aliphatic rings. The number of carbonyl (C=O) groups excluding carboxylic acids is 1. The second-order valence-corrected chi connectivity index (χ2v) is 10.0. The molecule has 0 aliphatic heterocycles. The van der Waals surface area contributed by atoms with Crippen molar-refractivity contribution in [3.8, 4) is 0 Å². The van der Waals surface area contributed by atoms with Crippen LogP contribution in [0.5, 0.6) is 0 Å². The molecule has 0 saturated heterocycles. The molecule has 26 heavy (non-hydrogen) atoms. The van der Waals surface area contributed by atoms with Crippen LogP contribution in [0.15, 0.2) is 0 Å². The molecule has 6 bridgehead atoms. The van der Waals surface area contributed by atoms with Gasteiger partial charge in [-0.2, -0.15) is 0 Å². The summed E-state index contributed by atoms with van der Waals surface area (Å²) in [5.41, 5.74) is -0.868. The molecule has 6 rings (SSSR count). The molecule has 0 spiro atoms. The van der Waals surface area contributed by atoms with E-state index in [4.69, 9.17) is 4.74 Å². The highest BCUT2D eigenvalue weighted by Crippen LogP contribution is 2.60. The van der Waals surface area contributed by atoms with E-state index in [2.05, 4.69) is 13.8 Å². The Morgan fingerprint density at radius 2 is 1.54 bits per heavy atom. The molecule has 0 radical (unpaired) electrons. The first-order valence-electron chi connectivity index (χ1n) is 9.82. The highest BCUT2D eigenvalue weighted by atomic mass is 16.6. The van der Waals surface area contributed by atoms with Gasteiger partial charge in [-0.1, -0.05) is 36.1 Å². The molecule has 6 saturated carbocycles. The van der Waals surface area contributed by atoms with Gasteiger partial charge >= 0.3 is 5.97 Å². The molecule has 3 nitrogen and oxygen atoms in total. The first-order valence-corrected chi connectivity index (χ1v) is 9.82. The molecule has 7 atom stereocenters. The molecule has 6 fully saturated rings. The van der Waals surface area contributed by atoms with Crippen LogP contribution in [0.4, 0.5) is 0 Å². The summed E-state index contributed by atoms with van der Waals surface area (Å²) in [6.07, 6.45) is 8.09. The quantitative estimate of drug-likeness (QED) is 0.661. The largest absolute Gasteiger partial charge is 0.459 e. The smallest absolute Gasteiger partial charge is 0.309 e. The third-order valence-electron chi connectivity index (χ3n) is 8.49. The number of ether oxygens (including phenoxy) is 1. The van der Waals surface area contributed by atoms with Crippen LogP contribution in [-0.4, -0.2) is 22.3 Å². The zero-order valence-corrected chi connectivity index (χ0v) is 14.5. The zero-order chi connectivity index (χ0) is 16.0. The van der Waals surface area contributed by atoms with E-state index in [1.54, 1.807) is 0 Å². The summed E-state index contributed by atoms with van der Waals surface area (Å²) in [5, 5.41) is 10.8. The number of aliphatic hydroxyl groups is 1. The van der Waals surface area contributed by atoms with Crippen molar-refractivity contribution in [3.05, 3.63) is 0 Å². The average Bonchev–Trinajstić information content (AvgIpc) is 2.96. The highest BCUT2D eigenvalue weighted by Gasteiger charge is 2.60. The number of fused-ring (bicyclic) bond motifs is 2. The predicted octanol–water partition coefficient (Wildman–Crippen LogP) is 5.45. The standard InChI is InChI=1S/C20H30O3.3CH4/c1-11-12(2)16-4-15(11)5-17(16)18(21)23-20-8-13-3-14(9-20)7-19(22,6-13)10-20;;;/h11-17,22H,3-10H2,1-2H3;3*1H4. The minimum absolute atomic E-state index is 0. The Kier molecular flexibility index (Phi) is 5.68. The van der Waals surface area contributed by atoms with Gasteiger partial charge in [0, 0.05) is 6.42 Å². The van der Waals surface area contributed by atoms with Crippen molar-refractivity contribution in [1.82, 2.24) is 0 Å². The zero-order valence-electron chi connectivity index (χ0n) is 14.5. The topological polar surface area (TPSA) is 46.5 Å². The Balaban J connectivity index is 0.000000810. The summed E-state index contributed by atoms with van der Waals surface area (Å²) in [4.78, 5) is 13.0. The SMILES string of the molecule is C.C.C.CC1C2CC(C(=O)OC34CC5CC(CC(O)(C5)C3)C4)C(C2)C1C. The third kappa shape index (κ3) is 3.02. The summed E-state index contributed by atoms with van der Waals surface area (Å²) < 4.78 is 6.24. The van der Waals surface area contributed by atoms with Gasteiger partial charge in [-0.25, -0.2) is 0 Å². The van der Waals surface area contributed by atoms with E-state index in [-0.39, 0.29) is 39.8 Å². The fourth-order valence-corrected chi connectivity index (χ4v) is 7.75. The van der Waals surface area contributed by atoms with E-state index in [1.165, 1.54) is 12.8 Å². The van der Waals surface area contributed by atoms with Crippen molar-refractivity contribution in [2.45, 2.75) is 98.7 Å². The van der Waals surface area contributed by atoms with Gasteiger partial charge in [-0.05, 0) is 80.5 Å². The third-order valence-corrected chi connectivity index (χ3v) is 8.49. The van der Waals surface area contributed by atoms with Crippen LogP contribution >= 0.6 is 0 Å². The second kappa shape index (κ2) is 6.79. The van der Waals surface area contributed by atoms with E-state index in [9.17, 15) is 9.90 Å². The molecule has 7 unspecified atom stereocenters. The van der Waals surface area contributed by atoms with Crippen LogP contribution in [0.1, 0.15) is 87.5 Å². The lowest BCUT2D eigenvalue weighted by atomic mass is 9.52. The average molecular weight is 367 g/mol. The Morgan fingerprint density at radius 3 is 2.04 bits per heavy atom. The van der Waals surface area contributed by atoms with Crippen molar-refractivity contribution < 1.29 is 14.6 Å². The van der Waals surface area contributed by atoms with E-state index in [0.717, 1.165) is 43.9 Å². The number of carbonyl (C=O) groups is 1. The van der Waals surface area contributed by atoms with E-state index >= 15 is 0 Å². The fourth-order valence-electron chi connectivity index (χ4n) is 7.75. The van der Waals surface area contributed by atoms with Crippen LogP contribution in [0.25, 0.3) is 0 Å². The number of rotatable bonds is 2.